The summed E-state index contributed by atoms with van der Waals surface area (Å²) in [6.45, 7) is 3.67. The van der Waals surface area contributed by atoms with Gasteiger partial charge in [0.15, 0.2) is 12.4 Å². The molecule has 3 rings (SSSR count). The molecule has 6 heteroatoms. The van der Waals surface area contributed by atoms with E-state index in [1.54, 1.807) is 47.7 Å². The zero-order chi connectivity index (χ0) is 18.7. The van der Waals surface area contributed by atoms with E-state index >= 15 is 0 Å². The van der Waals surface area contributed by atoms with E-state index in [9.17, 15) is 9.59 Å². The van der Waals surface area contributed by atoms with Gasteiger partial charge in [-0.2, -0.15) is 0 Å². The third-order valence-corrected chi connectivity index (χ3v) is 4.94. The number of halogens is 1. The molecule has 4 nitrogen and oxygen atoms in total. The summed E-state index contributed by atoms with van der Waals surface area (Å²) >= 11 is 7.43. The average molecular weight is 386 g/mol. The van der Waals surface area contributed by atoms with E-state index in [0.717, 1.165) is 21.1 Å². The molecule has 0 fully saturated rings. The van der Waals surface area contributed by atoms with Crippen molar-refractivity contribution in [1.82, 2.24) is 4.98 Å². The third-order valence-electron chi connectivity index (χ3n) is 3.80. The van der Waals surface area contributed by atoms with Crippen LogP contribution in [-0.2, 0) is 4.74 Å². The molecule has 0 N–H and O–H groups in total. The molecular weight excluding hydrogens is 370 g/mol. The van der Waals surface area contributed by atoms with E-state index in [2.05, 4.69) is 4.98 Å². The zero-order valence-corrected chi connectivity index (χ0v) is 15.9. The Kier molecular flexibility index (Phi) is 5.49. The van der Waals surface area contributed by atoms with Gasteiger partial charge in [0.05, 0.1) is 16.3 Å². The number of hydrogen-bond acceptors (Lipinski definition) is 5. The van der Waals surface area contributed by atoms with E-state index in [4.69, 9.17) is 16.3 Å². The smallest absolute Gasteiger partial charge is 0.338 e. The van der Waals surface area contributed by atoms with Crippen LogP contribution in [0.4, 0.5) is 0 Å². The molecule has 26 heavy (non-hydrogen) atoms. The van der Waals surface area contributed by atoms with Crippen molar-refractivity contribution in [2.45, 2.75) is 13.8 Å². The van der Waals surface area contributed by atoms with Crippen LogP contribution < -0.4 is 0 Å². The van der Waals surface area contributed by atoms with Crippen molar-refractivity contribution in [3.05, 3.63) is 74.6 Å². The largest absolute Gasteiger partial charge is 0.454 e. The predicted octanol–water partition coefficient (Wildman–Crippen LogP) is 5.12. The van der Waals surface area contributed by atoms with Gasteiger partial charge in [-0.15, -0.1) is 11.3 Å². The first kappa shape index (κ1) is 18.3. The van der Waals surface area contributed by atoms with Crippen molar-refractivity contribution in [1.29, 1.82) is 0 Å². The minimum absolute atomic E-state index is 0.278. The number of hydrogen-bond donors (Lipinski definition) is 0. The van der Waals surface area contributed by atoms with Crippen LogP contribution in [-0.4, -0.2) is 23.3 Å². The van der Waals surface area contributed by atoms with Gasteiger partial charge in [0, 0.05) is 21.0 Å². The highest BCUT2D eigenvalue weighted by Crippen LogP contribution is 2.27. The van der Waals surface area contributed by atoms with Gasteiger partial charge in [-0.1, -0.05) is 23.7 Å². The van der Waals surface area contributed by atoms with Gasteiger partial charge in [0.25, 0.3) is 0 Å². The van der Waals surface area contributed by atoms with Gasteiger partial charge < -0.3 is 4.74 Å². The van der Waals surface area contributed by atoms with Gasteiger partial charge >= 0.3 is 5.97 Å². The molecule has 0 saturated heterocycles. The highest BCUT2D eigenvalue weighted by molar-refractivity contribution is 7.11. The number of Topliss-reactive ketones (excluding diaryl/α,β-unsaturated/α-hetero) is 1. The lowest BCUT2D eigenvalue weighted by Crippen LogP contribution is -2.14. The highest BCUT2D eigenvalue weighted by atomic mass is 35.5. The molecule has 0 bridgehead atoms. The third kappa shape index (κ3) is 4.18. The number of benzene rings is 2. The number of aryl methyl sites for hydroxylation is 2. The summed E-state index contributed by atoms with van der Waals surface area (Å²) in [5, 5.41) is 1.55. The van der Waals surface area contributed by atoms with E-state index < -0.39 is 5.97 Å². The van der Waals surface area contributed by atoms with Crippen LogP contribution in [0.2, 0.25) is 5.02 Å². The van der Waals surface area contributed by atoms with Gasteiger partial charge in [-0.3, -0.25) is 4.79 Å². The SMILES string of the molecule is Cc1nc(-c2ccc(C(=O)OCC(=O)c3ccc(Cl)cc3)cc2)c(C)s1. The molecule has 0 saturated carbocycles. The van der Waals surface area contributed by atoms with Crippen molar-refractivity contribution in [2.75, 3.05) is 6.61 Å². The first-order chi connectivity index (χ1) is 12.4. The maximum absolute atomic E-state index is 12.1. The van der Waals surface area contributed by atoms with Crippen LogP contribution in [0.1, 0.15) is 30.6 Å². The summed E-state index contributed by atoms with van der Waals surface area (Å²) in [5.41, 5.74) is 2.71. The normalized spacial score (nSPS) is 10.6. The lowest BCUT2D eigenvalue weighted by atomic mass is 10.1. The number of carbonyl (C=O) groups excluding carboxylic acids is 2. The Balaban J connectivity index is 1.64. The molecule has 0 unspecified atom stereocenters. The first-order valence-corrected chi connectivity index (χ1v) is 9.14. The highest BCUT2D eigenvalue weighted by Gasteiger charge is 2.13. The summed E-state index contributed by atoms with van der Waals surface area (Å²) in [6.07, 6.45) is 0. The second kappa shape index (κ2) is 7.81. The molecule has 0 aliphatic carbocycles. The lowest BCUT2D eigenvalue weighted by molar-refractivity contribution is 0.0475. The summed E-state index contributed by atoms with van der Waals surface area (Å²) in [7, 11) is 0. The summed E-state index contributed by atoms with van der Waals surface area (Å²) < 4.78 is 5.11. The Morgan fingerprint density at radius 2 is 1.62 bits per heavy atom. The van der Waals surface area contributed by atoms with E-state index in [1.165, 1.54) is 0 Å². The van der Waals surface area contributed by atoms with Crippen molar-refractivity contribution < 1.29 is 14.3 Å². The number of thiazole rings is 1. The number of nitrogens with zero attached hydrogens (tertiary/aromatic N) is 1. The Labute approximate surface area is 160 Å². The second-order valence-electron chi connectivity index (χ2n) is 5.72. The standard InChI is InChI=1S/C20H16ClNO3S/c1-12-19(22-13(2)26-12)15-3-5-16(6-4-15)20(24)25-11-18(23)14-7-9-17(21)10-8-14/h3-10H,11H2,1-2H3. The molecule has 0 spiro atoms. The van der Waals surface area contributed by atoms with Gasteiger partial charge in [0.1, 0.15) is 0 Å². The number of esters is 1. The van der Waals surface area contributed by atoms with Crippen LogP contribution in [0.25, 0.3) is 11.3 Å². The number of carbonyl (C=O) groups is 2. The van der Waals surface area contributed by atoms with E-state index in [0.29, 0.717) is 16.1 Å². The molecular formula is C20H16ClNO3S. The van der Waals surface area contributed by atoms with Crippen molar-refractivity contribution >= 4 is 34.7 Å². The molecule has 132 valence electrons. The van der Waals surface area contributed by atoms with Gasteiger partial charge in [-0.25, -0.2) is 9.78 Å². The average Bonchev–Trinajstić information content (AvgIpc) is 2.98. The van der Waals surface area contributed by atoms with Gasteiger partial charge in [0.2, 0.25) is 0 Å². The summed E-state index contributed by atoms with van der Waals surface area (Å²) in [6, 6.07) is 13.5. The molecule has 0 atom stereocenters. The fourth-order valence-electron chi connectivity index (χ4n) is 2.49. The maximum atomic E-state index is 12.1. The number of aromatic nitrogens is 1. The van der Waals surface area contributed by atoms with E-state index in [1.807, 2.05) is 26.0 Å². The Hall–Kier alpha value is -2.50. The number of ether oxygens (including phenoxy) is 1. The molecule has 0 radical (unpaired) electrons. The maximum Gasteiger partial charge on any atom is 0.338 e. The lowest BCUT2D eigenvalue weighted by Gasteiger charge is -2.06. The quantitative estimate of drug-likeness (QED) is 0.451. The molecule has 2 aromatic carbocycles. The van der Waals surface area contributed by atoms with Crippen LogP contribution in [0.5, 0.6) is 0 Å². The Morgan fingerprint density at radius 3 is 2.19 bits per heavy atom. The second-order valence-corrected chi connectivity index (χ2v) is 7.56. The van der Waals surface area contributed by atoms with Gasteiger partial charge in [-0.05, 0) is 50.2 Å². The van der Waals surface area contributed by atoms with Crippen LogP contribution in [0.15, 0.2) is 48.5 Å². The fourth-order valence-corrected chi connectivity index (χ4v) is 3.46. The summed E-state index contributed by atoms with van der Waals surface area (Å²) in [4.78, 5) is 29.8. The molecule has 3 aromatic rings. The molecule has 0 aliphatic rings. The topological polar surface area (TPSA) is 56.3 Å². The van der Waals surface area contributed by atoms with Crippen molar-refractivity contribution in [2.24, 2.45) is 0 Å². The minimum atomic E-state index is -0.537. The monoisotopic (exact) mass is 385 g/mol. The number of rotatable bonds is 5. The van der Waals surface area contributed by atoms with Crippen LogP contribution in [0.3, 0.4) is 0 Å². The first-order valence-electron chi connectivity index (χ1n) is 7.94. The minimum Gasteiger partial charge on any atom is -0.454 e. The zero-order valence-electron chi connectivity index (χ0n) is 14.3. The van der Waals surface area contributed by atoms with E-state index in [-0.39, 0.29) is 12.4 Å². The van der Waals surface area contributed by atoms with Crippen molar-refractivity contribution in [3.63, 3.8) is 0 Å². The predicted molar refractivity (Wildman–Crippen MR) is 103 cm³/mol. The number of ketones is 1. The molecule has 1 heterocycles. The summed E-state index contributed by atoms with van der Waals surface area (Å²) in [5.74, 6) is -0.815. The van der Waals surface area contributed by atoms with Crippen LogP contribution in [0, 0.1) is 13.8 Å². The fraction of sp³-hybridized carbons (Fsp3) is 0.150. The molecule has 0 aliphatic heterocycles. The molecule has 1 aromatic heterocycles. The Morgan fingerprint density at radius 1 is 1.00 bits per heavy atom. The van der Waals surface area contributed by atoms with Crippen molar-refractivity contribution in [3.8, 4) is 11.3 Å². The van der Waals surface area contributed by atoms with Crippen LogP contribution >= 0.6 is 22.9 Å². The molecule has 0 amide bonds. The Bertz CT molecular complexity index is 946.